The summed E-state index contributed by atoms with van der Waals surface area (Å²) >= 11 is 1.26. The lowest BCUT2D eigenvalue weighted by Gasteiger charge is -2.58. The minimum Gasteiger partial charge on any atom is -0.393 e. The van der Waals surface area contributed by atoms with Crippen molar-refractivity contribution in [3.05, 3.63) is 23.8 Å². The molecule has 6 heteroatoms. The summed E-state index contributed by atoms with van der Waals surface area (Å²) in [5.74, 6) is 0.852. The van der Waals surface area contributed by atoms with Crippen LogP contribution in [0.1, 0.15) is 52.4 Å². The van der Waals surface area contributed by atoms with E-state index in [0.717, 1.165) is 31.3 Å². The fraction of sp³-hybridized carbons (Fsp3) is 0.750. The Labute approximate surface area is 182 Å². The SMILES string of the molecule is C[C@]12C[C@H](O)C3[C@@H](CCC4=CC(=O)C=C[C@@]43C)C1CCC2C(=O)SC1CCOC1O. The predicted molar refractivity (Wildman–Crippen MR) is 114 cm³/mol. The van der Waals surface area contributed by atoms with Crippen molar-refractivity contribution in [3.8, 4) is 0 Å². The van der Waals surface area contributed by atoms with Crippen molar-refractivity contribution in [1.82, 2.24) is 0 Å². The molecule has 1 aliphatic heterocycles. The highest BCUT2D eigenvalue weighted by atomic mass is 32.2. The standard InChI is InChI=1S/C24H32O5S/c1-23-9-7-14(25)11-13(23)3-4-15-16-5-6-17(24(16,2)12-18(26)20(15)23)22(28)30-19-8-10-29-21(19)27/h7,9,11,15-21,26-27H,3-6,8,10,12H2,1-2H3/t15-,16?,17?,18-,19?,20?,21?,23-,24-/m0/s1. The van der Waals surface area contributed by atoms with Crippen molar-refractivity contribution < 1.29 is 24.5 Å². The molecule has 4 fully saturated rings. The maximum Gasteiger partial charge on any atom is 0.193 e. The molecule has 164 valence electrons. The van der Waals surface area contributed by atoms with E-state index in [-0.39, 0.29) is 38.8 Å². The van der Waals surface area contributed by atoms with Gasteiger partial charge in [-0.3, -0.25) is 9.59 Å². The zero-order valence-corrected chi connectivity index (χ0v) is 18.6. The summed E-state index contributed by atoms with van der Waals surface area (Å²) in [6.07, 6.45) is 9.23. The second-order valence-electron chi connectivity index (χ2n) is 10.5. The third kappa shape index (κ3) is 3.01. The molecule has 0 amide bonds. The summed E-state index contributed by atoms with van der Waals surface area (Å²) in [6.45, 7) is 4.89. The number of hydrogen-bond acceptors (Lipinski definition) is 6. The lowest BCUT2D eigenvalue weighted by atomic mass is 9.47. The van der Waals surface area contributed by atoms with Gasteiger partial charge in [0.1, 0.15) is 0 Å². The molecule has 0 aromatic carbocycles. The molecule has 1 heterocycles. The lowest BCUT2D eigenvalue weighted by Crippen LogP contribution is -2.56. The molecular weight excluding hydrogens is 400 g/mol. The smallest absolute Gasteiger partial charge is 0.193 e. The molecule has 1 saturated heterocycles. The molecule has 5 nitrogen and oxygen atoms in total. The van der Waals surface area contributed by atoms with Crippen LogP contribution in [0.3, 0.4) is 0 Å². The van der Waals surface area contributed by atoms with Crippen LogP contribution in [0.25, 0.3) is 0 Å². The first-order valence-corrected chi connectivity index (χ1v) is 12.2. The largest absolute Gasteiger partial charge is 0.393 e. The van der Waals surface area contributed by atoms with Crippen LogP contribution in [0.5, 0.6) is 0 Å². The van der Waals surface area contributed by atoms with Gasteiger partial charge in [0, 0.05) is 17.3 Å². The van der Waals surface area contributed by atoms with Crippen LogP contribution in [0.4, 0.5) is 0 Å². The number of hydrogen-bond donors (Lipinski definition) is 2. The third-order valence-electron chi connectivity index (χ3n) is 9.05. The van der Waals surface area contributed by atoms with Crippen molar-refractivity contribution in [1.29, 1.82) is 0 Å². The number of aliphatic hydroxyl groups excluding tert-OH is 2. The molecule has 0 spiro atoms. The van der Waals surface area contributed by atoms with Gasteiger partial charge in [-0.05, 0) is 67.9 Å². The van der Waals surface area contributed by atoms with E-state index in [2.05, 4.69) is 13.8 Å². The van der Waals surface area contributed by atoms with Crippen LogP contribution in [0.2, 0.25) is 0 Å². The number of aliphatic hydroxyl groups is 2. The van der Waals surface area contributed by atoms with Gasteiger partial charge < -0.3 is 14.9 Å². The van der Waals surface area contributed by atoms with Gasteiger partial charge in [0.15, 0.2) is 17.2 Å². The Balaban J connectivity index is 1.40. The molecule has 5 rings (SSSR count). The number of fused-ring (bicyclic) bond motifs is 5. The van der Waals surface area contributed by atoms with Crippen LogP contribution in [0.15, 0.2) is 23.8 Å². The van der Waals surface area contributed by atoms with Gasteiger partial charge in [-0.15, -0.1) is 0 Å². The molecule has 5 aliphatic rings. The van der Waals surface area contributed by atoms with E-state index in [4.69, 9.17) is 4.74 Å². The molecule has 3 saturated carbocycles. The van der Waals surface area contributed by atoms with Gasteiger partial charge in [0.2, 0.25) is 0 Å². The second kappa shape index (κ2) is 7.29. The number of carbonyl (C=O) groups excluding carboxylic acids is 2. The third-order valence-corrected chi connectivity index (χ3v) is 10.3. The number of allylic oxidation sites excluding steroid dienone is 4. The van der Waals surface area contributed by atoms with Gasteiger partial charge >= 0.3 is 0 Å². The van der Waals surface area contributed by atoms with Gasteiger partial charge in [-0.2, -0.15) is 0 Å². The first-order chi connectivity index (χ1) is 14.2. The average Bonchev–Trinajstić information content (AvgIpc) is 3.24. The normalized spacial score (nSPS) is 49.9. The molecular formula is C24H32O5S. The Hall–Kier alpha value is -0.950. The highest BCUT2D eigenvalue weighted by Crippen LogP contribution is 2.66. The number of carbonyl (C=O) groups is 2. The molecule has 0 bridgehead atoms. The van der Waals surface area contributed by atoms with E-state index >= 15 is 0 Å². The fourth-order valence-electron chi connectivity index (χ4n) is 7.62. The predicted octanol–water partition coefficient (Wildman–Crippen LogP) is 3.25. The summed E-state index contributed by atoms with van der Waals surface area (Å²) in [7, 11) is 0. The monoisotopic (exact) mass is 432 g/mol. The van der Waals surface area contributed by atoms with E-state index in [1.165, 1.54) is 11.8 Å². The van der Waals surface area contributed by atoms with Crippen LogP contribution < -0.4 is 0 Å². The Kier molecular flexibility index (Phi) is 5.09. The Morgan fingerprint density at radius 3 is 2.73 bits per heavy atom. The summed E-state index contributed by atoms with van der Waals surface area (Å²) in [6, 6.07) is 0. The van der Waals surface area contributed by atoms with Gasteiger partial charge in [0.25, 0.3) is 0 Å². The molecule has 5 unspecified atom stereocenters. The van der Waals surface area contributed by atoms with E-state index in [1.807, 2.05) is 6.08 Å². The average molecular weight is 433 g/mol. The molecule has 30 heavy (non-hydrogen) atoms. The molecule has 0 radical (unpaired) electrons. The Morgan fingerprint density at radius 1 is 1.20 bits per heavy atom. The molecule has 0 aromatic heterocycles. The van der Waals surface area contributed by atoms with Crippen LogP contribution >= 0.6 is 11.8 Å². The minimum atomic E-state index is -0.852. The zero-order chi connectivity index (χ0) is 21.3. The van der Waals surface area contributed by atoms with Crippen LogP contribution in [0, 0.1) is 34.5 Å². The topological polar surface area (TPSA) is 83.8 Å². The Bertz CT molecular complexity index is 820. The maximum absolute atomic E-state index is 13.3. The highest BCUT2D eigenvalue weighted by Gasteiger charge is 2.62. The van der Waals surface area contributed by atoms with E-state index in [9.17, 15) is 19.8 Å². The van der Waals surface area contributed by atoms with E-state index in [0.29, 0.717) is 31.3 Å². The number of rotatable bonds is 2. The van der Waals surface area contributed by atoms with E-state index in [1.54, 1.807) is 12.2 Å². The van der Waals surface area contributed by atoms with Crippen molar-refractivity contribution in [2.45, 2.75) is 70.0 Å². The summed E-state index contributed by atoms with van der Waals surface area (Å²) in [5.41, 5.74) is 0.691. The highest BCUT2D eigenvalue weighted by molar-refractivity contribution is 8.14. The zero-order valence-electron chi connectivity index (χ0n) is 17.8. The number of ether oxygens (including phenoxy) is 1. The van der Waals surface area contributed by atoms with Crippen molar-refractivity contribution in [2.75, 3.05) is 6.61 Å². The van der Waals surface area contributed by atoms with Crippen molar-refractivity contribution in [2.24, 2.45) is 34.5 Å². The minimum absolute atomic E-state index is 0.0534. The van der Waals surface area contributed by atoms with Crippen molar-refractivity contribution in [3.63, 3.8) is 0 Å². The maximum atomic E-state index is 13.3. The van der Waals surface area contributed by atoms with Crippen LogP contribution in [-0.4, -0.2) is 45.4 Å². The van der Waals surface area contributed by atoms with Gasteiger partial charge in [-0.1, -0.05) is 37.3 Å². The molecule has 9 atom stereocenters. The summed E-state index contributed by atoms with van der Waals surface area (Å²) in [5, 5.41) is 21.3. The fourth-order valence-corrected chi connectivity index (χ4v) is 8.87. The number of ketones is 1. The summed E-state index contributed by atoms with van der Waals surface area (Å²) in [4.78, 5) is 25.2. The first-order valence-electron chi connectivity index (χ1n) is 11.4. The summed E-state index contributed by atoms with van der Waals surface area (Å²) < 4.78 is 5.22. The molecule has 2 N–H and O–H groups in total. The lowest BCUT2D eigenvalue weighted by molar-refractivity contribution is -0.132. The van der Waals surface area contributed by atoms with Gasteiger partial charge in [0.05, 0.1) is 18.0 Å². The second-order valence-corrected chi connectivity index (χ2v) is 11.7. The first kappa shape index (κ1) is 20.9. The van der Waals surface area contributed by atoms with E-state index < -0.39 is 12.4 Å². The van der Waals surface area contributed by atoms with Crippen molar-refractivity contribution >= 4 is 22.7 Å². The van der Waals surface area contributed by atoms with Crippen LogP contribution in [-0.2, 0) is 14.3 Å². The Morgan fingerprint density at radius 2 is 2.00 bits per heavy atom. The van der Waals surface area contributed by atoms with Gasteiger partial charge in [-0.25, -0.2) is 0 Å². The number of thioether (sulfide) groups is 1. The molecule has 0 aromatic rings. The quantitative estimate of drug-likeness (QED) is 0.697. The molecule has 4 aliphatic carbocycles.